The lowest BCUT2D eigenvalue weighted by Crippen LogP contribution is -2.48. The van der Waals surface area contributed by atoms with E-state index < -0.39 is 23.2 Å². The molecule has 0 atom stereocenters. The minimum atomic E-state index is -0.942. The zero-order valence-electron chi connectivity index (χ0n) is 27.4. The molecule has 0 saturated carbocycles. The van der Waals surface area contributed by atoms with Crippen molar-refractivity contribution in [2.75, 3.05) is 72.2 Å². The molecule has 1 aliphatic heterocycles. The van der Waals surface area contributed by atoms with Crippen molar-refractivity contribution in [3.05, 3.63) is 68.6 Å². The van der Waals surface area contributed by atoms with Gasteiger partial charge in [-0.1, -0.05) is 0 Å². The number of aryl methyl sites for hydroxylation is 2. The maximum Gasteiger partial charge on any atom is 0.338 e. The van der Waals surface area contributed by atoms with E-state index in [9.17, 15) is 24.3 Å². The largest absolute Gasteiger partial charge is 0.493 e. The van der Waals surface area contributed by atoms with Crippen LogP contribution in [0.3, 0.4) is 0 Å². The maximum absolute atomic E-state index is 13.4. The Balaban J connectivity index is 0.000000500. The third kappa shape index (κ3) is 7.58. The fourth-order valence-corrected chi connectivity index (χ4v) is 5.23. The van der Waals surface area contributed by atoms with Crippen LogP contribution in [0.5, 0.6) is 17.2 Å². The lowest BCUT2D eigenvalue weighted by Gasteiger charge is -2.34. The standard InChI is InChI=1S/C25H34N6O8.C6H5NO2/c1-27-19-21(26-24(27)30-8-6-29(7-9-30)10-12-32)28(2)25(35)31(22(19)33)11-13-39-23(34)16-14-17(36-3)20(38-5)18(15-16)37-4;8-6(9)5-2-1-3-7-4-5/h14-15,32H,6-13H2,1-5H3;1-4H,(H,8,9). The fraction of sp³-hybridized carbons (Fsp3) is 0.419. The van der Waals surface area contributed by atoms with Crippen molar-refractivity contribution >= 4 is 29.1 Å². The number of aromatic nitrogens is 5. The molecule has 0 unspecified atom stereocenters. The van der Waals surface area contributed by atoms with E-state index in [-0.39, 0.29) is 42.0 Å². The number of carboxylic acid groups (broad SMARTS) is 1. The molecule has 1 saturated heterocycles. The number of carboxylic acids is 1. The van der Waals surface area contributed by atoms with E-state index in [0.29, 0.717) is 42.8 Å². The number of aliphatic hydroxyl groups excluding tert-OH is 1. The molecule has 5 rings (SSSR count). The van der Waals surface area contributed by atoms with Crippen molar-refractivity contribution in [1.82, 2.24) is 28.6 Å². The zero-order valence-corrected chi connectivity index (χ0v) is 27.4. The Morgan fingerprint density at radius 3 is 2.10 bits per heavy atom. The number of rotatable bonds is 11. The number of hydrogen-bond acceptors (Lipinski definition) is 13. The van der Waals surface area contributed by atoms with Crippen LogP contribution >= 0.6 is 0 Å². The lowest BCUT2D eigenvalue weighted by molar-refractivity contribution is 0.0487. The number of ether oxygens (including phenoxy) is 4. The number of methoxy groups -OCH3 is 3. The molecule has 0 aliphatic carbocycles. The molecular weight excluding hydrogens is 630 g/mol. The number of pyridine rings is 1. The summed E-state index contributed by atoms with van der Waals surface area (Å²) in [6.45, 7) is 3.22. The summed E-state index contributed by atoms with van der Waals surface area (Å²) in [5.41, 5.74) is -0.134. The Hall–Kier alpha value is -5.42. The highest BCUT2D eigenvalue weighted by atomic mass is 16.5. The number of imidazole rings is 1. The topological polar surface area (TPSA) is 193 Å². The van der Waals surface area contributed by atoms with E-state index in [1.807, 2.05) is 0 Å². The minimum Gasteiger partial charge on any atom is -0.493 e. The lowest BCUT2D eigenvalue weighted by atomic mass is 10.2. The Bertz CT molecular complexity index is 1840. The molecule has 4 heterocycles. The number of β-amino-alcohol motifs (C(OH)–C–C–N with tert-alkyl or cyclic N) is 1. The molecule has 1 fully saturated rings. The van der Waals surface area contributed by atoms with Crippen LogP contribution < -0.4 is 30.4 Å². The number of carbonyl (C=O) groups is 2. The highest BCUT2D eigenvalue weighted by Gasteiger charge is 2.25. The third-order valence-electron chi connectivity index (χ3n) is 7.76. The van der Waals surface area contributed by atoms with E-state index in [4.69, 9.17) is 24.1 Å². The molecule has 0 bridgehead atoms. The summed E-state index contributed by atoms with van der Waals surface area (Å²) in [4.78, 5) is 61.8. The van der Waals surface area contributed by atoms with Crippen LogP contribution in [0, 0.1) is 0 Å². The van der Waals surface area contributed by atoms with Crippen LogP contribution in [-0.2, 0) is 25.4 Å². The van der Waals surface area contributed by atoms with E-state index >= 15 is 0 Å². The summed E-state index contributed by atoms with van der Waals surface area (Å²) < 4.78 is 25.2. The van der Waals surface area contributed by atoms with Crippen molar-refractivity contribution in [2.45, 2.75) is 6.54 Å². The minimum absolute atomic E-state index is 0.103. The molecule has 1 aromatic carbocycles. The number of benzene rings is 1. The van der Waals surface area contributed by atoms with E-state index in [0.717, 1.165) is 17.7 Å². The first-order valence-corrected chi connectivity index (χ1v) is 14.9. The fourth-order valence-electron chi connectivity index (χ4n) is 5.23. The van der Waals surface area contributed by atoms with Gasteiger partial charge >= 0.3 is 17.6 Å². The average molecular weight is 670 g/mol. The summed E-state index contributed by atoms with van der Waals surface area (Å²) in [5, 5.41) is 17.5. The van der Waals surface area contributed by atoms with Gasteiger partial charge in [0.1, 0.15) is 6.61 Å². The van der Waals surface area contributed by atoms with Crippen molar-refractivity contribution in [2.24, 2.45) is 14.1 Å². The van der Waals surface area contributed by atoms with E-state index in [2.05, 4.69) is 19.8 Å². The first kappa shape index (κ1) is 35.4. The van der Waals surface area contributed by atoms with E-state index in [1.54, 1.807) is 24.7 Å². The predicted molar refractivity (Wildman–Crippen MR) is 174 cm³/mol. The van der Waals surface area contributed by atoms with Crippen molar-refractivity contribution < 1.29 is 38.7 Å². The monoisotopic (exact) mass is 669 g/mol. The number of hydrogen-bond donors (Lipinski definition) is 2. The van der Waals surface area contributed by atoms with Crippen LogP contribution in [0.15, 0.2) is 46.2 Å². The van der Waals surface area contributed by atoms with Crippen LogP contribution in [0.1, 0.15) is 20.7 Å². The van der Waals surface area contributed by atoms with Gasteiger partial charge in [0.05, 0.1) is 45.6 Å². The van der Waals surface area contributed by atoms with Gasteiger partial charge in [-0.05, 0) is 24.3 Å². The summed E-state index contributed by atoms with van der Waals surface area (Å²) in [6.07, 6.45) is 2.84. The van der Waals surface area contributed by atoms with Gasteiger partial charge in [-0.25, -0.2) is 14.4 Å². The van der Waals surface area contributed by atoms with Crippen LogP contribution in [0.25, 0.3) is 11.2 Å². The summed E-state index contributed by atoms with van der Waals surface area (Å²) in [6, 6.07) is 6.00. The van der Waals surface area contributed by atoms with Gasteiger partial charge in [-0.3, -0.25) is 23.8 Å². The number of piperazine rings is 1. The number of nitrogens with zero attached hydrogens (tertiary/aromatic N) is 7. The highest BCUT2D eigenvalue weighted by molar-refractivity contribution is 5.91. The first-order valence-electron chi connectivity index (χ1n) is 14.9. The molecule has 0 radical (unpaired) electrons. The molecule has 17 heteroatoms. The van der Waals surface area contributed by atoms with Crippen molar-refractivity contribution in [3.63, 3.8) is 0 Å². The third-order valence-corrected chi connectivity index (χ3v) is 7.76. The second-order valence-electron chi connectivity index (χ2n) is 10.6. The zero-order chi connectivity index (χ0) is 35.0. The number of aromatic carboxylic acids is 1. The SMILES string of the molecule is COc1cc(C(=O)OCCn2c(=O)c3c(nc(N4CCN(CCO)CC4)n3C)n(C)c2=O)cc(OC)c1OC.O=C(O)c1cccnc1. The molecule has 2 N–H and O–H groups in total. The quantitative estimate of drug-likeness (QED) is 0.206. The Morgan fingerprint density at radius 2 is 1.58 bits per heavy atom. The molecule has 0 amide bonds. The second kappa shape index (κ2) is 15.9. The van der Waals surface area contributed by atoms with Gasteiger partial charge in [-0.2, -0.15) is 4.98 Å². The van der Waals surface area contributed by atoms with Crippen LogP contribution in [0.2, 0.25) is 0 Å². The molecule has 258 valence electrons. The normalized spacial score (nSPS) is 13.1. The number of fused-ring (bicyclic) bond motifs is 1. The van der Waals surface area contributed by atoms with Crippen LogP contribution in [0.4, 0.5) is 5.95 Å². The number of aliphatic hydroxyl groups is 1. The molecule has 3 aromatic heterocycles. The molecule has 17 nitrogen and oxygen atoms in total. The molecule has 0 spiro atoms. The van der Waals surface area contributed by atoms with Gasteiger partial charge in [0.25, 0.3) is 5.56 Å². The number of carbonyl (C=O) groups excluding carboxylic acids is 1. The summed E-state index contributed by atoms with van der Waals surface area (Å²) in [5.74, 6) is -0.108. The number of anilines is 1. The second-order valence-corrected chi connectivity index (χ2v) is 10.6. The van der Waals surface area contributed by atoms with Crippen molar-refractivity contribution in [3.8, 4) is 17.2 Å². The Morgan fingerprint density at radius 1 is 0.917 bits per heavy atom. The van der Waals surface area contributed by atoms with Gasteiger partial charge < -0.3 is 38.6 Å². The average Bonchev–Trinajstić information content (AvgIpc) is 3.46. The first-order chi connectivity index (χ1) is 23.1. The summed E-state index contributed by atoms with van der Waals surface area (Å²) in [7, 11) is 7.62. The van der Waals surface area contributed by atoms with E-state index in [1.165, 1.54) is 56.5 Å². The molecule has 4 aromatic rings. The van der Waals surface area contributed by atoms with Gasteiger partial charge in [0.2, 0.25) is 11.7 Å². The van der Waals surface area contributed by atoms with Gasteiger partial charge in [0.15, 0.2) is 22.7 Å². The van der Waals surface area contributed by atoms with Gasteiger partial charge in [-0.15, -0.1) is 0 Å². The Kier molecular flexibility index (Phi) is 11.8. The van der Waals surface area contributed by atoms with Gasteiger partial charge in [0, 0.05) is 59.2 Å². The summed E-state index contributed by atoms with van der Waals surface area (Å²) >= 11 is 0. The predicted octanol–water partition coefficient (Wildman–Crippen LogP) is 0.211. The molecular formula is C31H39N7O10. The molecule has 1 aliphatic rings. The smallest absolute Gasteiger partial charge is 0.338 e. The Labute approximate surface area is 275 Å². The highest BCUT2D eigenvalue weighted by Crippen LogP contribution is 2.38. The molecule has 48 heavy (non-hydrogen) atoms. The van der Waals surface area contributed by atoms with Crippen molar-refractivity contribution in [1.29, 1.82) is 0 Å². The van der Waals surface area contributed by atoms with Crippen LogP contribution in [-0.4, -0.2) is 118 Å². The maximum atomic E-state index is 13.4. The number of esters is 1.